The first-order chi connectivity index (χ1) is 8.33. The fraction of sp³-hybridized carbons (Fsp3) is 0.500. The van der Waals surface area contributed by atoms with Gasteiger partial charge in [-0.3, -0.25) is 4.98 Å². The molecule has 17 heavy (non-hydrogen) atoms. The number of hydrogen-bond acceptors (Lipinski definition) is 3. The summed E-state index contributed by atoms with van der Waals surface area (Å²) >= 11 is 0. The van der Waals surface area contributed by atoms with Gasteiger partial charge in [0, 0.05) is 30.1 Å². The molecular weight excluding hydrogens is 214 g/mol. The van der Waals surface area contributed by atoms with Gasteiger partial charge in [-0.1, -0.05) is 6.07 Å². The highest BCUT2D eigenvalue weighted by Gasteiger charge is 2.63. The zero-order valence-corrected chi connectivity index (χ0v) is 9.63. The number of pyridine rings is 1. The van der Waals surface area contributed by atoms with Crippen molar-refractivity contribution >= 4 is 0 Å². The van der Waals surface area contributed by atoms with Crippen molar-refractivity contribution in [2.24, 2.45) is 5.92 Å². The molecule has 0 N–H and O–H groups in total. The number of ether oxygens (including phenoxy) is 2. The third-order valence-corrected chi connectivity index (χ3v) is 4.54. The topological polar surface area (TPSA) is 31.4 Å². The summed E-state index contributed by atoms with van der Waals surface area (Å²) in [6, 6.07) is 6.22. The molecule has 1 spiro atoms. The molecule has 2 fully saturated rings. The van der Waals surface area contributed by atoms with Gasteiger partial charge in [-0.25, -0.2) is 0 Å². The minimum atomic E-state index is -0.348. The SMILES string of the molecule is C1=COC2(CCC3(c4ccccn4)CC3C2)O1. The maximum absolute atomic E-state index is 5.64. The third-order valence-electron chi connectivity index (χ3n) is 4.54. The van der Waals surface area contributed by atoms with E-state index in [9.17, 15) is 0 Å². The van der Waals surface area contributed by atoms with E-state index in [1.54, 1.807) is 12.5 Å². The van der Waals surface area contributed by atoms with Crippen LogP contribution in [0.15, 0.2) is 36.9 Å². The largest absolute Gasteiger partial charge is 0.457 e. The zero-order chi connectivity index (χ0) is 11.3. The van der Waals surface area contributed by atoms with E-state index in [-0.39, 0.29) is 5.79 Å². The van der Waals surface area contributed by atoms with Gasteiger partial charge in [0.1, 0.15) is 12.5 Å². The molecule has 0 bridgehead atoms. The lowest BCUT2D eigenvalue weighted by atomic mass is 9.82. The van der Waals surface area contributed by atoms with Crippen LogP contribution >= 0.6 is 0 Å². The molecule has 1 aromatic heterocycles. The fourth-order valence-electron chi connectivity index (χ4n) is 3.49. The molecular formula is C14H15NO2. The van der Waals surface area contributed by atoms with Crippen LogP contribution in [0.4, 0.5) is 0 Å². The first kappa shape index (κ1) is 9.51. The fourth-order valence-corrected chi connectivity index (χ4v) is 3.49. The average molecular weight is 229 g/mol. The maximum Gasteiger partial charge on any atom is 0.250 e. The Morgan fingerprint density at radius 3 is 2.71 bits per heavy atom. The third kappa shape index (κ3) is 1.25. The summed E-state index contributed by atoms with van der Waals surface area (Å²) in [5.74, 6) is 0.324. The molecule has 2 saturated carbocycles. The Hall–Kier alpha value is -1.51. The van der Waals surface area contributed by atoms with Crippen molar-refractivity contribution in [1.29, 1.82) is 0 Å². The van der Waals surface area contributed by atoms with Gasteiger partial charge in [0.25, 0.3) is 0 Å². The van der Waals surface area contributed by atoms with E-state index in [1.165, 1.54) is 12.1 Å². The molecule has 0 aromatic carbocycles. The second-order valence-corrected chi connectivity index (χ2v) is 5.39. The standard InChI is InChI=1S/C14H15NO2/c1-2-6-15-12(3-1)13-4-5-14(10-11(13)9-13)16-7-8-17-14/h1-3,6-8,11H,4-5,9-10H2. The van der Waals surface area contributed by atoms with Crippen LogP contribution in [0.25, 0.3) is 0 Å². The monoisotopic (exact) mass is 229 g/mol. The summed E-state index contributed by atoms with van der Waals surface area (Å²) in [4.78, 5) is 4.53. The Morgan fingerprint density at radius 1 is 1.12 bits per heavy atom. The van der Waals surface area contributed by atoms with Gasteiger partial charge < -0.3 is 9.47 Å². The van der Waals surface area contributed by atoms with E-state index in [0.29, 0.717) is 11.3 Å². The predicted molar refractivity (Wildman–Crippen MR) is 61.9 cm³/mol. The molecule has 2 unspecified atom stereocenters. The van der Waals surface area contributed by atoms with Crippen LogP contribution in [0.1, 0.15) is 31.4 Å². The highest BCUT2D eigenvalue weighted by atomic mass is 16.7. The lowest BCUT2D eigenvalue weighted by Crippen LogP contribution is -2.37. The number of hydrogen-bond donors (Lipinski definition) is 0. The summed E-state index contributed by atoms with van der Waals surface area (Å²) in [6.45, 7) is 0. The van der Waals surface area contributed by atoms with Gasteiger partial charge in [-0.2, -0.15) is 0 Å². The first-order valence-electron chi connectivity index (χ1n) is 6.25. The van der Waals surface area contributed by atoms with E-state index in [2.05, 4.69) is 17.1 Å². The molecule has 3 nitrogen and oxygen atoms in total. The lowest BCUT2D eigenvalue weighted by molar-refractivity contribution is -0.166. The highest BCUT2D eigenvalue weighted by molar-refractivity contribution is 5.30. The normalized spacial score (nSPS) is 36.1. The van der Waals surface area contributed by atoms with Crippen molar-refractivity contribution in [3.63, 3.8) is 0 Å². The van der Waals surface area contributed by atoms with Gasteiger partial charge in [0.05, 0.1) is 0 Å². The number of aromatic nitrogens is 1. The van der Waals surface area contributed by atoms with Crippen LogP contribution in [0, 0.1) is 5.92 Å². The van der Waals surface area contributed by atoms with Gasteiger partial charge in [0.2, 0.25) is 5.79 Å². The van der Waals surface area contributed by atoms with Crippen LogP contribution in [0.3, 0.4) is 0 Å². The molecule has 4 rings (SSSR count). The van der Waals surface area contributed by atoms with Crippen LogP contribution in [0.2, 0.25) is 0 Å². The Labute approximate surface area is 100 Å². The number of nitrogens with zero attached hydrogens (tertiary/aromatic N) is 1. The van der Waals surface area contributed by atoms with Crippen molar-refractivity contribution in [2.75, 3.05) is 0 Å². The summed E-state index contributed by atoms with van der Waals surface area (Å²) in [7, 11) is 0. The Balaban J connectivity index is 1.59. The molecule has 1 aromatic rings. The summed E-state index contributed by atoms with van der Waals surface area (Å²) in [6.07, 6.45) is 9.57. The zero-order valence-electron chi connectivity index (χ0n) is 9.63. The van der Waals surface area contributed by atoms with Crippen molar-refractivity contribution in [3.8, 4) is 0 Å². The molecule has 88 valence electrons. The molecule has 1 aliphatic heterocycles. The quantitative estimate of drug-likeness (QED) is 0.742. The lowest BCUT2D eigenvalue weighted by Gasteiger charge is -2.34. The molecule has 0 amide bonds. The predicted octanol–water partition coefficient (Wildman–Crippen LogP) is 2.74. The first-order valence-corrected chi connectivity index (χ1v) is 6.25. The molecule has 0 radical (unpaired) electrons. The maximum atomic E-state index is 5.64. The van der Waals surface area contributed by atoms with Gasteiger partial charge in [-0.05, 0) is 30.9 Å². The Bertz CT molecular complexity index is 462. The number of fused-ring (bicyclic) bond motifs is 1. The minimum Gasteiger partial charge on any atom is -0.457 e. The van der Waals surface area contributed by atoms with Crippen molar-refractivity contribution in [2.45, 2.75) is 36.9 Å². The average Bonchev–Trinajstić information content (AvgIpc) is 2.94. The van der Waals surface area contributed by atoms with E-state index < -0.39 is 0 Å². The van der Waals surface area contributed by atoms with Crippen LogP contribution in [-0.2, 0) is 14.9 Å². The van der Waals surface area contributed by atoms with Crippen LogP contribution in [0.5, 0.6) is 0 Å². The van der Waals surface area contributed by atoms with Crippen molar-refractivity contribution < 1.29 is 9.47 Å². The minimum absolute atomic E-state index is 0.321. The van der Waals surface area contributed by atoms with Crippen LogP contribution in [-0.4, -0.2) is 10.8 Å². The van der Waals surface area contributed by atoms with E-state index >= 15 is 0 Å². The molecule has 2 heterocycles. The molecule has 0 saturated heterocycles. The number of rotatable bonds is 1. The van der Waals surface area contributed by atoms with Crippen molar-refractivity contribution in [3.05, 3.63) is 42.6 Å². The molecule has 3 aliphatic rings. The van der Waals surface area contributed by atoms with Gasteiger partial charge in [-0.15, -0.1) is 0 Å². The highest BCUT2D eigenvalue weighted by Crippen LogP contribution is 2.64. The second kappa shape index (κ2) is 3.03. The second-order valence-electron chi connectivity index (χ2n) is 5.39. The van der Waals surface area contributed by atoms with E-state index in [0.717, 1.165) is 19.3 Å². The van der Waals surface area contributed by atoms with Crippen LogP contribution < -0.4 is 0 Å². The van der Waals surface area contributed by atoms with Crippen molar-refractivity contribution in [1.82, 2.24) is 4.98 Å². The summed E-state index contributed by atoms with van der Waals surface area (Å²) in [5, 5.41) is 0. The molecule has 2 aliphatic carbocycles. The van der Waals surface area contributed by atoms with Gasteiger partial charge in [0.15, 0.2) is 0 Å². The van der Waals surface area contributed by atoms with E-state index in [4.69, 9.17) is 9.47 Å². The molecule has 3 heteroatoms. The smallest absolute Gasteiger partial charge is 0.250 e. The van der Waals surface area contributed by atoms with E-state index in [1.807, 2.05) is 12.3 Å². The Morgan fingerprint density at radius 2 is 2.00 bits per heavy atom. The summed E-state index contributed by atoms with van der Waals surface area (Å²) in [5.41, 5.74) is 1.58. The molecule has 2 atom stereocenters. The van der Waals surface area contributed by atoms with Gasteiger partial charge >= 0.3 is 0 Å². The Kier molecular flexibility index (Phi) is 1.70. The summed E-state index contributed by atoms with van der Waals surface area (Å²) < 4.78 is 11.3.